The molecule has 0 saturated carbocycles. The molecule has 3 nitrogen and oxygen atoms in total. The molecule has 1 rings (SSSR count). The number of rotatable bonds is 8. The van der Waals surface area contributed by atoms with Crippen LogP contribution in [-0.2, 0) is 9.47 Å². The van der Waals surface area contributed by atoms with Gasteiger partial charge in [-0.15, -0.1) is 0 Å². The van der Waals surface area contributed by atoms with E-state index in [0.29, 0.717) is 19.8 Å². The van der Waals surface area contributed by atoms with Crippen LogP contribution in [0.4, 0.5) is 0 Å². The van der Waals surface area contributed by atoms with Crippen LogP contribution in [0.25, 0.3) is 0 Å². The molecule has 17 heavy (non-hydrogen) atoms. The van der Waals surface area contributed by atoms with Crippen LogP contribution in [0, 0.1) is 6.92 Å². The topological polar surface area (TPSA) is 27.7 Å². The standard InChI is InChI=1S/C13H19BrO3/c1-11-4-5-12(14)10-13(11)17-9-8-16-7-3-6-15-2/h4-5,10H,3,6-9H2,1-2H3. The Kier molecular flexibility index (Phi) is 7.24. The van der Waals surface area contributed by atoms with E-state index in [9.17, 15) is 0 Å². The number of halogens is 1. The zero-order valence-electron chi connectivity index (χ0n) is 10.4. The van der Waals surface area contributed by atoms with Gasteiger partial charge in [-0.05, 0) is 31.0 Å². The largest absolute Gasteiger partial charge is 0.491 e. The third-order valence-corrected chi connectivity index (χ3v) is 2.77. The van der Waals surface area contributed by atoms with Crippen LogP contribution < -0.4 is 4.74 Å². The van der Waals surface area contributed by atoms with Crippen molar-refractivity contribution >= 4 is 15.9 Å². The van der Waals surface area contributed by atoms with Gasteiger partial charge >= 0.3 is 0 Å². The molecule has 0 bridgehead atoms. The molecule has 0 atom stereocenters. The molecule has 0 fully saturated rings. The monoisotopic (exact) mass is 302 g/mol. The second kappa shape index (κ2) is 8.50. The van der Waals surface area contributed by atoms with Crippen LogP contribution in [0.2, 0.25) is 0 Å². The first-order valence-corrected chi connectivity index (χ1v) is 6.49. The van der Waals surface area contributed by atoms with Gasteiger partial charge in [0.2, 0.25) is 0 Å². The molecule has 0 heterocycles. The first kappa shape index (κ1) is 14.5. The van der Waals surface area contributed by atoms with E-state index >= 15 is 0 Å². The highest BCUT2D eigenvalue weighted by molar-refractivity contribution is 9.10. The third kappa shape index (κ3) is 6.05. The first-order chi connectivity index (χ1) is 8.24. The molecule has 0 aromatic heterocycles. The van der Waals surface area contributed by atoms with Gasteiger partial charge in [-0.3, -0.25) is 0 Å². The van der Waals surface area contributed by atoms with Crippen molar-refractivity contribution < 1.29 is 14.2 Å². The quantitative estimate of drug-likeness (QED) is 0.690. The smallest absolute Gasteiger partial charge is 0.123 e. The van der Waals surface area contributed by atoms with Gasteiger partial charge in [-0.25, -0.2) is 0 Å². The molecule has 0 aliphatic carbocycles. The van der Waals surface area contributed by atoms with Gasteiger partial charge in [0.1, 0.15) is 12.4 Å². The molecule has 0 aliphatic rings. The number of ether oxygens (including phenoxy) is 3. The van der Waals surface area contributed by atoms with Crippen molar-refractivity contribution in [2.24, 2.45) is 0 Å². The summed E-state index contributed by atoms with van der Waals surface area (Å²) in [5.74, 6) is 0.903. The summed E-state index contributed by atoms with van der Waals surface area (Å²) in [4.78, 5) is 0. The van der Waals surface area contributed by atoms with E-state index in [4.69, 9.17) is 14.2 Å². The minimum Gasteiger partial charge on any atom is -0.491 e. The van der Waals surface area contributed by atoms with E-state index in [1.54, 1.807) is 7.11 Å². The average molecular weight is 303 g/mol. The Hall–Kier alpha value is -0.580. The van der Waals surface area contributed by atoms with Gasteiger partial charge in [0.15, 0.2) is 0 Å². The van der Waals surface area contributed by atoms with E-state index in [1.807, 2.05) is 25.1 Å². The SMILES string of the molecule is COCCCOCCOc1cc(Br)ccc1C. The van der Waals surface area contributed by atoms with Crippen LogP contribution >= 0.6 is 15.9 Å². The summed E-state index contributed by atoms with van der Waals surface area (Å²) in [5.41, 5.74) is 1.13. The molecular formula is C13H19BrO3. The molecule has 0 aliphatic heterocycles. The number of methoxy groups -OCH3 is 1. The Balaban J connectivity index is 2.15. The van der Waals surface area contributed by atoms with E-state index in [2.05, 4.69) is 15.9 Å². The fourth-order valence-corrected chi connectivity index (χ4v) is 1.69. The van der Waals surface area contributed by atoms with E-state index in [0.717, 1.165) is 28.8 Å². The van der Waals surface area contributed by atoms with E-state index in [1.165, 1.54) is 0 Å². The number of hydrogen-bond donors (Lipinski definition) is 0. The molecule has 0 saturated heterocycles. The summed E-state index contributed by atoms with van der Waals surface area (Å²) in [6, 6.07) is 6.00. The van der Waals surface area contributed by atoms with Gasteiger partial charge in [0, 0.05) is 24.8 Å². The molecule has 1 aromatic carbocycles. The highest BCUT2D eigenvalue weighted by Crippen LogP contribution is 2.22. The van der Waals surface area contributed by atoms with Gasteiger partial charge in [-0.1, -0.05) is 22.0 Å². The van der Waals surface area contributed by atoms with Gasteiger partial charge in [-0.2, -0.15) is 0 Å². The van der Waals surface area contributed by atoms with Gasteiger partial charge in [0.25, 0.3) is 0 Å². The van der Waals surface area contributed by atoms with Crippen molar-refractivity contribution in [1.82, 2.24) is 0 Å². The van der Waals surface area contributed by atoms with Gasteiger partial charge in [0.05, 0.1) is 6.61 Å². The average Bonchev–Trinajstić information content (AvgIpc) is 2.32. The molecule has 0 radical (unpaired) electrons. The zero-order chi connectivity index (χ0) is 12.5. The molecule has 0 N–H and O–H groups in total. The number of aryl methyl sites for hydroxylation is 1. The van der Waals surface area contributed by atoms with Crippen molar-refractivity contribution in [3.63, 3.8) is 0 Å². The lowest BCUT2D eigenvalue weighted by Gasteiger charge is -2.09. The summed E-state index contributed by atoms with van der Waals surface area (Å²) in [6.07, 6.45) is 0.923. The Morgan fingerprint density at radius 2 is 1.94 bits per heavy atom. The van der Waals surface area contributed by atoms with Crippen molar-refractivity contribution in [3.05, 3.63) is 28.2 Å². The summed E-state index contributed by atoms with van der Waals surface area (Å²) >= 11 is 3.42. The van der Waals surface area contributed by atoms with Crippen LogP contribution in [0.5, 0.6) is 5.75 Å². The van der Waals surface area contributed by atoms with Crippen molar-refractivity contribution in [2.75, 3.05) is 33.5 Å². The fourth-order valence-electron chi connectivity index (χ4n) is 1.35. The summed E-state index contributed by atoms with van der Waals surface area (Å²) in [6.45, 7) is 4.67. The maximum absolute atomic E-state index is 5.64. The summed E-state index contributed by atoms with van der Waals surface area (Å²) in [5, 5.41) is 0. The summed E-state index contributed by atoms with van der Waals surface area (Å²) < 4.78 is 17.0. The zero-order valence-corrected chi connectivity index (χ0v) is 12.0. The predicted molar refractivity (Wildman–Crippen MR) is 71.7 cm³/mol. The predicted octanol–water partition coefficient (Wildman–Crippen LogP) is 3.19. The first-order valence-electron chi connectivity index (χ1n) is 5.69. The normalized spacial score (nSPS) is 10.5. The maximum atomic E-state index is 5.64. The van der Waals surface area contributed by atoms with Crippen LogP contribution in [0.3, 0.4) is 0 Å². The van der Waals surface area contributed by atoms with Crippen molar-refractivity contribution in [1.29, 1.82) is 0 Å². The number of hydrogen-bond acceptors (Lipinski definition) is 3. The molecule has 0 spiro atoms. The van der Waals surface area contributed by atoms with Crippen molar-refractivity contribution in [2.45, 2.75) is 13.3 Å². The molecular weight excluding hydrogens is 284 g/mol. The maximum Gasteiger partial charge on any atom is 0.123 e. The van der Waals surface area contributed by atoms with Crippen LogP contribution in [0.1, 0.15) is 12.0 Å². The Morgan fingerprint density at radius 1 is 1.12 bits per heavy atom. The second-order valence-electron chi connectivity index (χ2n) is 3.72. The Morgan fingerprint density at radius 3 is 2.71 bits per heavy atom. The Bertz CT molecular complexity index is 328. The second-order valence-corrected chi connectivity index (χ2v) is 4.63. The highest BCUT2D eigenvalue weighted by Gasteiger charge is 2.00. The molecule has 1 aromatic rings. The molecule has 96 valence electrons. The van der Waals surface area contributed by atoms with Crippen LogP contribution in [0.15, 0.2) is 22.7 Å². The molecule has 0 amide bonds. The molecule has 0 unspecified atom stereocenters. The van der Waals surface area contributed by atoms with Gasteiger partial charge < -0.3 is 14.2 Å². The lowest BCUT2D eigenvalue weighted by Crippen LogP contribution is -2.09. The fraction of sp³-hybridized carbons (Fsp3) is 0.538. The lowest BCUT2D eigenvalue weighted by molar-refractivity contribution is 0.0805. The summed E-state index contributed by atoms with van der Waals surface area (Å²) in [7, 11) is 1.69. The van der Waals surface area contributed by atoms with E-state index in [-0.39, 0.29) is 0 Å². The van der Waals surface area contributed by atoms with E-state index < -0.39 is 0 Å². The minimum absolute atomic E-state index is 0.574. The lowest BCUT2D eigenvalue weighted by atomic mass is 10.2. The third-order valence-electron chi connectivity index (χ3n) is 2.27. The van der Waals surface area contributed by atoms with Crippen LogP contribution in [-0.4, -0.2) is 33.5 Å². The molecule has 4 heteroatoms. The minimum atomic E-state index is 0.574. The Labute approximate surface area is 111 Å². The number of benzene rings is 1. The van der Waals surface area contributed by atoms with Crippen molar-refractivity contribution in [3.8, 4) is 5.75 Å². The highest BCUT2D eigenvalue weighted by atomic mass is 79.9.